The molecule has 1 N–H and O–H groups in total. The first-order valence-electron chi connectivity index (χ1n) is 12.5. The third kappa shape index (κ3) is 11.8. The lowest BCUT2D eigenvalue weighted by Gasteiger charge is -2.23. The molecule has 0 fully saturated rings. The summed E-state index contributed by atoms with van der Waals surface area (Å²) in [5.41, 5.74) is 2.15. The lowest BCUT2D eigenvalue weighted by atomic mass is 10.1. The van der Waals surface area contributed by atoms with E-state index in [9.17, 15) is 14.7 Å². The van der Waals surface area contributed by atoms with Crippen molar-refractivity contribution in [2.45, 2.75) is 45.5 Å². The molecule has 2 aromatic carbocycles. The first-order valence-corrected chi connectivity index (χ1v) is 13.6. The van der Waals surface area contributed by atoms with Gasteiger partial charge in [-0.25, -0.2) is 9.59 Å². The van der Waals surface area contributed by atoms with Crippen LogP contribution in [-0.4, -0.2) is 66.8 Å². The average Bonchev–Trinajstić information content (AvgIpc) is 2.87. The Balaban J connectivity index is 1.80. The first-order chi connectivity index (χ1) is 17.4. The summed E-state index contributed by atoms with van der Waals surface area (Å²) < 4.78 is 16.6. The van der Waals surface area contributed by atoms with Gasteiger partial charge in [-0.2, -0.15) is 11.8 Å². The second-order valence-electron chi connectivity index (χ2n) is 8.83. The molecule has 0 spiro atoms. The number of aliphatic carboxylic acids is 1. The number of hydrogen-bond donors (Lipinski definition) is 1. The van der Waals surface area contributed by atoms with E-state index in [2.05, 4.69) is 12.1 Å². The Morgan fingerprint density at radius 1 is 1.00 bits per heavy atom. The van der Waals surface area contributed by atoms with Crippen molar-refractivity contribution < 1.29 is 28.9 Å². The highest BCUT2D eigenvalue weighted by Gasteiger charge is 2.18. The number of carboxylic acids is 1. The maximum atomic E-state index is 12.6. The van der Waals surface area contributed by atoms with Gasteiger partial charge in [0.1, 0.15) is 12.4 Å². The van der Waals surface area contributed by atoms with E-state index in [-0.39, 0.29) is 12.0 Å². The third-order valence-electron chi connectivity index (χ3n) is 5.24. The normalized spacial score (nSPS) is 11.8. The molecule has 0 heterocycles. The van der Waals surface area contributed by atoms with Crippen LogP contribution in [0.25, 0.3) is 0 Å². The molecule has 2 aromatic rings. The molecule has 0 bridgehead atoms. The van der Waals surface area contributed by atoms with Crippen LogP contribution in [0, 0.1) is 5.92 Å². The zero-order valence-corrected chi connectivity index (χ0v) is 22.4. The second-order valence-corrected chi connectivity index (χ2v) is 9.93. The third-order valence-corrected chi connectivity index (χ3v) is 6.36. The van der Waals surface area contributed by atoms with E-state index in [0.29, 0.717) is 45.1 Å². The topological polar surface area (TPSA) is 85.3 Å². The van der Waals surface area contributed by atoms with Crippen LogP contribution in [0.15, 0.2) is 54.6 Å². The number of hydrogen-bond acceptors (Lipinski definition) is 6. The Kier molecular flexibility index (Phi) is 13.8. The van der Waals surface area contributed by atoms with Crippen LogP contribution >= 0.6 is 11.8 Å². The van der Waals surface area contributed by atoms with E-state index in [4.69, 9.17) is 14.2 Å². The molecular formula is C28H39NO6S. The molecule has 1 amide bonds. The molecule has 0 saturated heterocycles. The highest BCUT2D eigenvalue weighted by molar-refractivity contribution is 7.98. The van der Waals surface area contributed by atoms with Crippen molar-refractivity contribution in [3.63, 3.8) is 0 Å². The van der Waals surface area contributed by atoms with Gasteiger partial charge in [-0.3, -0.25) is 0 Å². The number of carbonyl (C=O) groups is 2. The summed E-state index contributed by atoms with van der Waals surface area (Å²) in [6.45, 7) is 7.90. The molecule has 1 unspecified atom stereocenters. The van der Waals surface area contributed by atoms with Gasteiger partial charge in [-0.1, -0.05) is 56.3 Å². The predicted octanol–water partition coefficient (Wildman–Crippen LogP) is 5.52. The van der Waals surface area contributed by atoms with Gasteiger partial charge in [0.15, 0.2) is 6.10 Å². The van der Waals surface area contributed by atoms with E-state index >= 15 is 0 Å². The molecule has 0 aliphatic rings. The van der Waals surface area contributed by atoms with Crippen LogP contribution in [0.5, 0.6) is 5.75 Å². The van der Waals surface area contributed by atoms with E-state index < -0.39 is 12.1 Å². The van der Waals surface area contributed by atoms with Crippen molar-refractivity contribution in [3.05, 3.63) is 65.7 Å². The fraction of sp³-hybridized carbons (Fsp3) is 0.500. The smallest absolute Gasteiger partial charge is 0.409 e. The molecule has 1 atom stereocenters. The Bertz CT molecular complexity index is 891. The van der Waals surface area contributed by atoms with E-state index in [1.165, 1.54) is 5.56 Å². The fourth-order valence-electron chi connectivity index (χ4n) is 3.37. The maximum absolute atomic E-state index is 12.6. The molecule has 0 aromatic heterocycles. The van der Waals surface area contributed by atoms with Gasteiger partial charge in [0.05, 0.1) is 13.2 Å². The van der Waals surface area contributed by atoms with Gasteiger partial charge in [-0.15, -0.1) is 0 Å². The summed E-state index contributed by atoms with van der Waals surface area (Å²) >= 11 is 1.85. The van der Waals surface area contributed by atoms with Crippen molar-refractivity contribution >= 4 is 23.8 Å². The van der Waals surface area contributed by atoms with Crippen LogP contribution in [0.2, 0.25) is 0 Å². The zero-order chi connectivity index (χ0) is 26.2. The van der Waals surface area contributed by atoms with E-state index in [1.807, 2.05) is 68.1 Å². The molecule has 0 radical (unpaired) electrons. The van der Waals surface area contributed by atoms with Crippen molar-refractivity contribution in [1.82, 2.24) is 4.90 Å². The van der Waals surface area contributed by atoms with Gasteiger partial charge in [0.25, 0.3) is 0 Å². The Labute approximate surface area is 219 Å². The van der Waals surface area contributed by atoms with Crippen molar-refractivity contribution in [2.24, 2.45) is 5.92 Å². The first kappa shape index (κ1) is 29.5. The van der Waals surface area contributed by atoms with Gasteiger partial charge in [0.2, 0.25) is 0 Å². The SMILES string of the molecule is CCOC(Cc1ccc(OCCN(CCCSCc2ccccc2)C(=O)OCC(C)C)cc1)C(=O)O. The number of amides is 1. The predicted molar refractivity (Wildman–Crippen MR) is 144 cm³/mol. The average molecular weight is 518 g/mol. The number of carbonyl (C=O) groups excluding carboxylic acids is 1. The summed E-state index contributed by atoms with van der Waals surface area (Å²) in [5.74, 6) is 1.87. The molecule has 0 saturated carbocycles. The molecular weight excluding hydrogens is 478 g/mol. The number of benzene rings is 2. The van der Waals surface area contributed by atoms with E-state index in [1.54, 1.807) is 11.8 Å². The molecule has 8 heteroatoms. The standard InChI is InChI=1S/C28H39NO6S/c1-4-33-26(27(30)31)19-23-11-13-25(14-12-23)34-17-16-29(28(32)35-20-22(2)3)15-8-18-36-21-24-9-6-5-7-10-24/h5-7,9-14,22,26H,4,8,15-21H2,1-3H3,(H,30,31). The van der Waals surface area contributed by atoms with Crippen LogP contribution < -0.4 is 4.74 Å². The van der Waals surface area contributed by atoms with Crippen LogP contribution in [0.3, 0.4) is 0 Å². The number of rotatable bonds is 17. The number of carboxylic acid groups (broad SMARTS) is 1. The molecule has 0 aliphatic heterocycles. The van der Waals surface area contributed by atoms with Crippen LogP contribution in [0.1, 0.15) is 38.3 Å². The summed E-state index contributed by atoms with van der Waals surface area (Å²) in [6.07, 6.45) is -0.0150. The van der Waals surface area contributed by atoms with Crippen molar-refractivity contribution in [2.75, 3.05) is 38.7 Å². The summed E-state index contributed by atoms with van der Waals surface area (Å²) in [7, 11) is 0. The van der Waals surface area contributed by atoms with Crippen molar-refractivity contribution in [3.8, 4) is 5.75 Å². The Morgan fingerprint density at radius 2 is 1.72 bits per heavy atom. The highest BCUT2D eigenvalue weighted by atomic mass is 32.2. The molecule has 198 valence electrons. The molecule has 7 nitrogen and oxygen atoms in total. The second kappa shape index (κ2) is 16.9. The molecule has 36 heavy (non-hydrogen) atoms. The minimum Gasteiger partial charge on any atom is -0.492 e. The number of nitrogens with zero attached hydrogens (tertiary/aromatic N) is 1. The van der Waals surface area contributed by atoms with Gasteiger partial charge in [-0.05, 0) is 48.3 Å². The number of ether oxygens (including phenoxy) is 3. The summed E-state index contributed by atoms with van der Waals surface area (Å²) in [5, 5.41) is 9.25. The quantitative estimate of drug-likeness (QED) is 0.277. The molecule has 0 aliphatic carbocycles. The highest BCUT2D eigenvalue weighted by Crippen LogP contribution is 2.16. The largest absolute Gasteiger partial charge is 0.492 e. The molecule has 2 rings (SSSR count). The lowest BCUT2D eigenvalue weighted by Crippen LogP contribution is -2.36. The fourth-order valence-corrected chi connectivity index (χ4v) is 4.28. The summed E-state index contributed by atoms with van der Waals surface area (Å²) in [4.78, 5) is 25.6. The number of thioether (sulfide) groups is 1. The van der Waals surface area contributed by atoms with Crippen molar-refractivity contribution in [1.29, 1.82) is 0 Å². The van der Waals surface area contributed by atoms with E-state index in [0.717, 1.165) is 23.5 Å². The van der Waals surface area contributed by atoms with Crippen LogP contribution in [-0.2, 0) is 26.4 Å². The maximum Gasteiger partial charge on any atom is 0.409 e. The van der Waals surface area contributed by atoms with Gasteiger partial charge >= 0.3 is 12.1 Å². The minimum atomic E-state index is -0.972. The van der Waals surface area contributed by atoms with Gasteiger partial charge in [0, 0.05) is 25.3 Å². The van der Waals surface area contributed by atoms with Crippen LogP contribution in [0.4, 0.5) is 4.79 Å². The monoisotopic (exact) mass is 517 g/mol. The zero-order valence-electron chi connectivity index (χ0n) is 21.6. The van der Waals surface area contributed by atoms with Gasteiger partial charge < -0.3 is 24.2 Å². The minimum absolute atomic E-state index is 0.274. The Hall–Kier alpha value is -2.71. The Morgan fingerprint density at radius 3 is 2.36 bits per heavy atom. The summed E-state index contributed by atoms with van der Waals surface area (Å²) in [6, 6.07) is 17.6. The lowest BCUT2D eigenvalue weighted by molar-refractivity contribution is -0.149.